The van der Waals surface area contributed by atoms with Crippen molar-refractivity contribution in [2.75, 3.05) is 18.0 Å². The van der Waals surface area contributed by atoms with Crippen LogP contribution in [0.4, 0.5) is 18.6 Å². The van der Waals surface area contributed by atoms with Crippen molar-refractivity contribution in [3.63, 3.8) is 0 Å². The molecule has 0 N–H and O–H groups in total. The van der Waals surface area contributed by atoms with Crippen LogP contribution < -0.4 is 56.3 Å². The van der Waals surface area contributed by atoms with Gasteiger partial charge in [0.05, 0.1) is 11.9 Å². The van der Waals surface area contributed by atoms with Crippen molar-refractivity contribution in [1.82, 2.24) is 4.98 Å². The number of anilines is 1. The molecule has 0 fully saturated rings. The molecule has 0 saturated heterocycles. The first-order chi connectivity index (χ1) is 7.57. The molecule has 1 aliphatic heterocycles. The summed E-state index contributed by atoms with van der Waals surface area (Å²) < 4.78 is 37.3. The maximum absolute atomic E-state index is 12.4. The van der Waals surface area contributed by atoms with E-state index < -0.39 is 6.98 Å². The second-order valence-electron chi connectivity index (χ2n) is 3.76. The molecule has 86 valence electrons. The minimum atomic E-state index is -4.80. The monoisotopic (exact) mass is 266 g/mol. The van der Waals surface area contributed by atoms with Crippen LogP contribution in [-0.2, 0) is 0 Å². The van der Waals surface area contributed by atoms with E-state index in [0.29, 0.717) is 13.1 Å². The van der Waals surface area contributed by atoms with E-state index in [-0.39, 0.29) is 63.3 Å². The van der Waals surface area contributed by atoms with Gasteiger partial charge in [0.25, 0.3) is 0 Å². The Kier molecular flexibility index (Phi) is 5.72. The zero-order valence-corrected chi connectivity index (χ0v) is 12.7. The molecular weight excluding hydrogens is 255 g/mol. The molecule has 0 radical (unpaired) electrons. The predicted octanol–water partition coefficient (Wildman–Crippen LogP) is -0.391. The number of aromatic nitrogens is 1. The van der Waals surface area contributed by atoms with Gasteiger partial charge in [-0.1, -0.05) is 6.08 Å². The Morgan fingerprint density at radius 3 is 2.53 bits per heavy atom. The molecule has 2 heterocycles. The SMILES string of the molecule is F[B-](F)(F)C1=CCN(c2cccnc2)CC1.[K+]. The van der Waals surface area contributed by atoms with Crippen LogP contribution in [0.3, 0.4) is 0 Å². The van der Waals surface area contributed by atoms with E-state index in [9.17, 15) is 12.9 Å². The summed E-state index contributed by atoms with van der Waals surface area (Å²) in [4.78, 5) is 5.83. The summed E-state index contributed by atoms with van der Waals surface area (Å²) in [7, 11) is 0. The van der Waals surface area contributed by atoms with Gasteiger partial charge in [0.1, 0.15) is 0 Å². The van der Waals surface area contributed by atoms with Gasteiger partial charge in [-0.05, 0) is 18.6 Å². The molecule has 0 spiro atoms. The normalized spacial score (nSPS) is 16.2. The van der Waals surface area contributed by atoms with E-state index in [1.54, 1.807) is 18.5 Å². The van der Waals surface area contributed by atoms with Gasteiger partial charge in [0.2, 0.25) is 0 Å². The van der Waals surface area contributed by atoms with Gasteiger partial charge < -0.3 is 17.8 Å². The number of hydrogen-bond acceptors (Lipinski definition) is 2. The van der Waals surface area contributed by atoms with E-state index in [1.165, 1.54) is 6.08 Å². The molecule has 0 aliphatic carbocycles. The molecule has 0 saturated carbocycles. The van der Waals surface area contributed by atoms with Gasteiger partial charge in [-0.25, -0.2) is 0 Å². The van der Waals surface area contributed by atoms with Crippen LogP contribution in [0, 0.1) is 0 Å². The van der Waals surface area contributed by atoms with Crippen LogP contribution in [0.2, 0.25) is 0 Å². The fourth-order valence-corrected chi connectivity index (χ4v) is 1.76. The summed E-state index contributed by atoms with van der Waals surface area (Å²) in [6.45, 7) is -4.09. The number of nitrogens with zero attached hydrogens (tertiary/aromatic N) is 2. The third-order valence-electron chi connectivity index (χ3n) is 2.68. The number of rotatable bonds is 2. The Morgan fingerprint density at radius 2 is 2.06 bits per heavy atom. The third kappa shape index (κ3) is 4.10. The zero-order chi connectivity index (χ0) is 11.6. The Balaban J connectivity index is 0.00000144. The fraction of sp³-hybridized carbons (Fsp3) is 0.300. The molecule has 1 aromatic rings. The van der Waals surface area contributed by atoms with Crippen molar-refractivity contribution < 1.29 is 64.3 Å². The van der Waals surface area contributed by atoms with Gasteiger partial charge >= 0.3 is 58.4 Å². The average molecular weight is 266 g/mol. The zero-order valence-electron chi connectivity index (χ0n) is 9.61. The minimum absolute atomic E-state index is 0. The summed E-state index contributed by atoms with van der Waals surface area (Å²) in [5.74, 6) is 0. The van der Waals surface area contributed by atoms with E-state index in [0.717, 1.165) is 5.69 Å². The van der Waals surface area contributed by atoms with Gasteiger partial charge in [-0.2, -0.15) is 0 Å². The first-order valence-corrected chi connectivity index (χ1v) is 5.11. The summed E-state index contributed by atoms with van der Waals surface area (Å²) in [5, 5.41) is 0. The van der Waals surface area contributed by atoms with Crippen LogP contribution in [0.25, 0.3) is 0 Å². The molecule has 0 atom stereocenters. The van der Waals surface area contributed by atoms with Crippen molar-refractivity contribution >= 4 is 12.7 Å². The van der Waals surface area contributed by atoms with Crippen LogP contribution in [0.5, 0.6) is 0 Å². The Labute approximate surface area is 141 Å². The average Bonchev–Trinajstić information content (AvgIpc) is 2.29. The molecule has 0 amide bonds. The summed E-state index contributed by atoms with van der Waals surface area (Å²) in [6.07, 6.45) is 4.65. The topological polar surface area (TPSA) is 16.1 Å². The van der Waals surface area contributed by atoms with E-state index >= 15 is 0 Å². The quantitative estimate of drug-likeness (QED) is 0.678. The van der Waals surface area contributed by atoms with Gasteiger partial charge in [-0.15, -0.1) is 5.47 Å². The maximum atomic E-state index is 12.4. The first kappa shape index (κ1) is 15.2. The standard InChI is InChI=1S/C10H11BF3N2.K/c12-11(13,14)9-3-6-16(7-4-9)10-2-1-5-15-8-10;/h1-3,5,8H,4,6-7H2;/q-1;+1. The fourth-order valence-electron chi connectivity index (χ4n) is 1.76. The molecule has 17 heavy (non-hydrogen) atoms. The molecular formula is C10H11BF3KN2. The second-order valence-corrected chi connectivity index (χ2v) is 3.76. The Hall–Kier alpha value is 0.181. The summed E-state index contributed by atoms with van der Waals surface area (Å²) in [6, 6.07) is 3.63. The van der Waals surface area contributed by atoms with Crippen molar-refractivity contribution in [3.8, 4) is 0 Å². The largest absolute Gasteiger partial charge is 1.00 e. The number of halogens is 3. The van der Waals surface area contributed by atoms with Crippen LogP contribution >= 0.6 is 0 Å². The molecule has 0 unspecified atom stereocenters. The van der Waals surface area contributed by atoms with Crippen LogP contribution in [0.1, 0.15) is 6.42 Å². The summed E-state index contributed by atoms with van der Waals surface area (Å²) >= 11 is 0. The van der Waals surface area contributed by atoms with Crippen molar-refractivity contribution in [3.05, 3.63) is 36.1 Å². The van der Waals surface area contributed by atoms with E-state index in [1.807, 2.05) is 11.0 Å². The smallest absolute Gasteiger partial charge is 0.445 e. The predicted molar refractivity (Wildman–Crippen MR) is 58.2 cm³/mol. The first-order valence-electron chi connectivity index (χ1n) is 5.11. The third-order valence-corrected chi connectivity index (χ3v) is 2.68. The van der Waals surface area contributed by atoms with E-state index in [2.05, 4.69) is 4.98 Å². The maximum Gasteiger partial charge on any atom is 1.00 e. The Bertz CT molecular complexity index is 394. The van der Waals surface area contributed by atoms with Crippen molar-refractivity contribution in [2.45, 2.75) is 6.42 Å². The van der Waals surface area contributed by atoms with Gasteiger partial charge in [0.15, 0.2) is 0 Å². The molecule has 2 rings (SSSR count). The second kappa shape index (κ2) is 6.38. The minimum Gasteiger partial charge on any atom is -0.445 e. The van der Waals surface area contributed by atoms with Crippen LogP contribution in [0.15, 0.2) is 36.1 Å². The Morgan fingerprint density at radius 1 is 1.29 bits per heavy atom. The molecule has 1 aliphatic rings. The molecule has 0 bridgehead atoms. The molecule has 2 nitrogen and oxygen atoms in total. The molecule has 7 heteroatoms. The molecule has 0 aromatic carbocycles. The molecule has 1 aromatic heterocycles. The van der Waals surface area contributed by atoms with Gasteiger partial charge in [0, 0.05) is 19.3 Å². The number of pyridine rings is 1. The summed E-state index contributed by atoms with van der Waals surface area (Å²) in [5.41, 5.74) is 0.507. The van der Waals surface area contributed by atoms with Gasteiger partial charge in [-0.3, -0.25) is 4.98 Å². The van der Waals surface area contributed by atoms with Crippen molar-refractivity contribution in [2.24, 2.45) is 0 Å². The van der Waals surface area contributed by atoms with Crippen LogP contribution in [-0.4, -0.2) is 25.1 Å². The number of hydrogen-bond donors (Lipinski definition) is 0. The van der Waals surface area contributed by atoms with Crippen molar-refractivity contribution in [1.29, 1.82) is 0 Å². The van der Waals surface area contributed by atoms with E-state index in [4.69, 9.17) is 0 Å².